The van der Waals surface area contributed by atoms with E-state index in [1.807, 2.05) is 6.92 Å². The SMILES string of the molecule is COc1ccc(C(=O)Cn2ccc(=O)cc2C)cc1OCC1CC1. The van der Waals surface area contributed by atoms with Crippen molar-refractivity contribution in [1.82, 2.24) is 4.57 Å². The first-order valence-corrected chi connectivity index (χ1v) is 8.08. The Labute approximate surface area is 140 Å². The summed E-state index contributed by atoms with van der Waals surface area (Å²) in [7, 11) is 1.59. The van der Waals surface area contributed by atoms with Gasteiger partial charge in [-0.25, -0.2) is 0 Å². The fourth-order valence-corrected chi connectivity index (χ4v) is 2.50. The van der Waals surface area contributed by atoms with Crippen molar-refractivity contribution in [3.05, 3.63) is 58.0 Å². The number of carbonyl (C=O) groups is 1. The molecule has 0 radical (unpaired) electrons. The van der Waals surface area contributed by atoms with E-state index in [1.165, 1.54) is 25.0 Å². The Hall–Kier alpha value is -2.56. The highest BCUT2D eigenvalue weighted by molar-refractivity contribution is 5.96. The molecule has 1 heterocycles. The number of carbonyl (C=O) groups excluding carboxylic acids is 1. The normalized spacial score (nSPS) is 13.6. The van der Waals surface area contributed by atoms with Gasteiger partial charge >= 0.3 is 0 Å². The number of rotatable bonds is 7. The Morgan fingerprint density at radius 1 is 1.21 bits per heavy atom. The van der Waals surface area contributed by atoms with Crippen LogP contribution < -0.4 is 14.9 Å². The van der Waals surface area contributed by atoms with Crippen molar-refractivity contribution < 1.29 is 14.3 Å². The van der Waals surface area contributed by atoms with Gasteiger partial charge in [-0.3, -0.25) is 9.59 Å². The van der Waals surface area contributed by atoms with Crippen molar-refractivity contribution in [2.75, 3.05) is 13.7 Å². The third-order valence-electron chi connectivity index (χ3n) is 4.19. The highest BCUT2D eigenvalue weighted by Crippen LogP contribution is 2.33. The van der Waals surface area contributed by atoms with Crippen molar-refractivity contribution in [3.63, 3.8) is 0 Å². The summed E-state index contributed by atoms with van der Waals surface area (Å²) < 4.78 is 12.9. The van der Waals surface area contributed by atoms with Crippen LogP contribution in [-0.4, -0.2) is 24.1 Å². The molecule has 126 valence electrons. The van der Waals surface area contributed by atoms with Crippen LogP contribution in [0.25, 0.3) is 0 Å². The van der Waals surface area contributed by atoms with Gasteiger partial charge in [-0.2, -0.15) is 0 Å². The molecule has 1 aliphatic rings. The number of nitrogens with zero attached hydrogens (tertiary/aromatic N) is 1. The van der Waals surface area contributed by atoms with Gasteiger partial charge in [-0.15, -0.1) is 0 Å². The molecule has 5 heteroatoms. The summed E-state index contributed by atoms with van der Waals surface area (Å²) in [6.45, 7) is 2.65. The maximum Gasteiger partial charge on any atom is 0.182 e. The summed E-state index contributed by atoms with van der Waals surface area (Å²) in [5.74, 6) is 1.82. The number of hydrogen-bond donors (Lipinski definition) is 0. The van der Waals surface area contributed by atoms with Crippen LogP contribution in [-0.2, 0) is 6.54 Å². The summed E-state index contributed by atoms with van der Waals surface area (Å²) in [5.41, 5.74) is 1.27. The molecule has 2 aromatic rings. The van der Waals surface area contributed by atoms with E-state index in [1.54, 1.807) is 36.1 Å². The quantitative estimate of drug-likeness (QED) is 0.734. The molecule has 1 aromatic carbocycles. The predicted molar refractivity (Wildman–Crippen MR) is 91.0 cm³/mol. The second-order valence-electron chi connectivity index (χ2n) is 6.17. The first-order valence-electron chi connectivity index (χ1n) is 8.08. The molecule has 0 saturated heterocycles. The molecule has 5 nitrogen and oxygen atoms in total. The molecule has 0 N–H and O–H groups in total. The third-order valence-corrected chi connectivity index (χ3v) is 4.19. The Kier molecular flexibility index (Phi) is 4.69. The fourth-order valence-electron chi connectivity index (χ4n) is 2.50. The lowest BCUT2D eigenvalue weighted by molar-refractivity contribution is 0.0970. The van der Waals surface area contributed by atoms with Crippen LogP contribution in [0.5, 0.6) is 11.5 Å². The number of aryl methyl sites for hydroxylation is 1. The van der Waals surface area contributed by atoms with Crippen LogP contribution in [0.4, 0.5) is 0 Å². The predicted octanol–water partition coefficient (Wildman–Crippen LogP) is 2.84. The summed E-state index contributed by atoms with van der Waals surface area (Å²) in [4.78, 5) is 23.9. The molecule has 0 amide bonds. The van der Waals surface area contributed by atoms with Crippen molar-refractivity contribution in [2.45, 2.75) is 26.3 Å². The molecule has 0 atom stereocenters. The van der Waals surface area contributed by atoms with E-state index >= 15 is 0 Å². The van der Waals surface area contributed by atoms with Crippen LogP contribution in [0.3, 0.4) is 0 Å². The van der Waals surface area contributed by atoms with E-state index < -0.39 is 0 Å². The van der Waals surface area contributed by atoms with E-state index in [-0.39, 0.29) is 17.8 Å². The number of pyridine rings is 1. The van der Waals surface area contributed by atoms with E-state index in [2.05, 4.69) is 0 Å². The van der Waals surface area contributed by atoms with Gasteiger partial charge in [-0.05, 0) is 43.9 Å². The number of Topliss-reactive ketones (excluding diaryl/α,β-unsaturated/α-hetero) is 1. The standard InChI is InChI=1S/C19H21NO4/c1-13-9-16(21)7-8-20(13)11-17(22)15-5-6-18(23-2)19(10-15)24-12-14-3-4-14/h5-10,14H,3-4,11-12H2,1-2H3. The number of ether oxygens (including phenoxy) is 2. The summed E-state index contributed by atoms with van der Waals surface area (Å²) in [5, 5.41) is 0. The van der Waals surface area contributed by atoms with Crippen molar-refractivity contribution in [1.29, 1.82) is 0 Å². The van der Waals surface area contributed by atoms with Gasteiger partial charge in [0.25, 0.3) is 0 Å². The van der Waals surface area contributed by atoms with Gasteiger partial charge in [0, 0.05) is 29.6 Å². The minimum Gasteiger partial charge on any atom is -0.493 e. The second kappa shape index (κ2) is 6.91. The van der Waals surface area contributed by atoms with E-state index in [4.69, 9.17) is 9.47 Å². The average Bonchev–Trinajstić information content (AvgIpc) is 3.39. The monoisotopic (exact) mass is 327 g/mol. The lowest BCUT2D eigenvalue weighted by Crippen LogP contribution is -2.15. The smallest absolute Gasteiger partial charge is 0.182 e. The maximum atomic E-state index is 12.6. The zero-order valence-electron chi connectivity index (χ0n) is 14.0. The topological polar surface area (TPSA) is 57.5 Å². The van der Waals surface area contributed by atoms with Crippen molar-refractivity contribution >= 4 is 5.78 Å². The van der Waals surface area contributed by atoms with E-state index in [0.717, 1.165) is 5.69 Å². The van der Waals surface area contributed by atoms with Crippen LogP contribution in [0.2, 0.25) is 0 Å². The molecule has 1 fully saturated rings. The minimum atomic E-state index is -0.0589. The van der Waals surface area contributed by atoms with Crippen LogP contribution >= 0.6 is 0 Å². The molecule has 0 bridgehead atoms. The van der Waals surface area contributed by atoms with Gasteiger partial charge in [0.2, 0.25) is 0 Å². The molecule has 24 heavy (non-hydrogen) atoms. The second-order valence-corrected chi connectivity index (χ2v) is 6.17. The van der Waals surface area contributed by atoms with E-state index in [0.29, 0.717) is 29.6 Å². The molecule has 3 rings (SSSR count). The average molecular weight is 327 g/mol. The first-order chi connectivity index (χ1) is 11.6. The fraction of sp³-hybridized carbons (Fsp3) is 0.368. The van der Waals surface area contributed by atoms with Gasteiger partial charge in [0.05, 0.1) is 20.3 Å². The summed E-state index contributed by atoms with van der Waals surface area (Å²) in [6, 6.07) is 8.21. The Morgan fingerprint density at radius 3 is 2.67 bits per heavy atom. The molecule has 1 aliphatic carbocycles. The molecule has 1 saturated carbocycles. The van der Waals surface area contributed by atoms with Crippen molar-refractivity contribution in [2.24, 2.45) is 5.92 Å². The zero-order chi connectivity index (χ0) is 17.1. The maximum absolute atomic E-state index is 12.6. The highest BCUT2D eigenvalue weighted by Gasteiger charge is 2.23. The van der Waals surface area contributed by atoms with Gasteiger partial charge < -0.3 is 14.0 Å². The molecular formula is C19H21NO4. The van der Waals surface area contributed by atoms with Gasteiger partial charge in [0.15, 0.2) is 22.7 Å². The third kappa shape index (κ3) is 3.85. The number of aromatic nitrogens is 1. The van der Waals surface area contributed by atoms with Gasteiger partial charge in [0.1, 0.15) is 0 Å². The number of methoxy groups -OCH3 is 1. The zero-order valence-corrected chi connectivity index (χ0v) is 14.0. The van der Waals surface area contributed by atoms with Crippen LogP contribution in [0.15, 0.2) is 41.3 Å². The Balaban J connectivity index is 1.78. The van der Waals surface area contributed by atoms with Crippen LogP contribution in [0.1, 0.15) is 28.9 Å². The molecular weight excluding hydrogens is 306 g/mol. The lowest BCUT2D eigenvalue weighted by Gasteiger charge is -2.13. The highest BCUT2D eigenvalue weighted by atomic mass is 16.5. The Morgan fingerprint density at radius 2 is 2.00 bits per heavy atom. The minimum absolute atomic E-state index is 0.0410. The van der Waals surface area contributed by atoms with Crippen molar-refractivity contribution in [3.8, 4) is 11.5 Å². The number of hydrogen-bond acceptors (Lipinski definition) is 4. The molecule has 0 unspecified atom stereocenters. The number of ketones is 1. The molecule has 0 spiro atoms. The first kappa shape index (κ1) is 16.3. The lowest BCUT2D eigenvalue weighted by atomic mass is 10.1. The number of benzene rings is 1. The van der Waals surface area contributed by atoms with Gasteiger partial charge in [-0.1, -0.05) is 0 Å². The largest absolute Gasteiger partial charge is 0.493 e. The van der Waals surface area contributed by atoms with Crippen LogP contribution in [0, 0.1) is 12.8 Å². The summed E-state index contributed by atoms with van der Waals surface area (Å²) >= 11 is 0. The molecule has 1 aromatic heterocycles. The summed E-state index contributed by atoms with van der Waals surface area (Å²) in [6.07, 6.45) is 4.04. The molecule has 0 aliphatic heterocycles. The van der Waals surface area contributed by atoms with E-state index in [9.17, 15) is 9.59 Å². The Bertz CT molecular complexity index is 805.